The molecule has 0 radical (unpaired) electrons. The summed E-state index contributed by atoms with van der Waals surface area (Å²) in [6, 6.07) is 12.9. The third-order valence-corrected chi connectivity index (χ3v) is 7.51. The molecule has 5 nitrogen and oxygen atoms in total. The van der Waals surface area contributed by atoms with Crippen LogP contribution in [-0.4, -0.2) is 31.7 Å². The zero-order valence-corrected chi connectivity index (χ0v) is 16.9. The first-order valence-corrected chi connectivity index (χ1v) is 10.7. The zero-order valence-electron chi connectivity index (χ0n) is 16.1. The Morgan fingerprint density at radius 2 is 1.71 bits per heavy atom. The van der Waals surface area contributed by atoms with Gasteiger partial charge in [0.05, 0.1) is 4.90 Å². The lowest BCUT2D eigenvalue weighted by Gasteiger charge is -2.37. The number of sulfonamides is 1. The predicted octanol–water partition coefficient (Wildman–Crippen LogP) is 3.24. The second-order valence-corrected chi connectivity index (χ2v) is 9.45. The highest BCUT2D eigenvalue weighted by atomic mass is 32.2. The van der Waals surface area contributed by atoms with E-state index in [9.17, 15) is 17.6 Å². The maximum atomic E-state index is 13.0. The molecule has 0 unspecified atom stereocenters. The number of piperidine rings is 1. The van der Waals surface area contributed by atoms with E-state index in [-0.39, 0.29) is 11.7 Å². The highest BCUT2D eigenvalue weighted by molar-refractivity contribution is 7.89. The zero-order chi connectivity index (χ0) is 20.4. The first kappa shape index (κ1) is 20.5. The van der Waals surface area contributed by atoms with Gasteiger partial charge in [-0.2, -0.15) is 4.31 Å². The molecule has 1 fully saturated rings. The Bertz CT molecular complexity index is 950. The average Bonchev–Trinajstić information content (AvgIpc) is 2.68. The van der Waals surface area contributed by atoms with Gasteiger partial charge in [-0.15, -0.1) is 0 Å². The van der Waals surface area contributed by atoms with Gasteiger partial charge >= 0.3 is 0 Å². The summed E-state index contributed by atoms with van der Waals surface area (Å²) < 4.78 is 40.3. The van der Waals surface area contributed by atoms with E-state index in [1.807, 2.05) is 13.0 Å². The fraction of sp³-hybridized carbons (Fsp3) is 0.381. The molecule has 3 rings (SSSR count). The van der Waals surface area contributed by atoms with Crippen LogP contribution in [0.5, 0.6) is 0 Å². The van der Waals surface area contributed by atoms with Crippen molar-refractivity contribution in [2.45, 2.75) is 38.1 Å². The van der Waals surface area contributed by atoms with Crippen molar-refractivity contribution in [1.29, 1.82) is 0 Å². The van der Waals surface area contributed by atoms with Gasteiger partial charge in [-0.1, -0.05) is 37.3 Å². The number of aryl methyl sites for hydroxylation is 1. The van der Waals surface area contributed by atoms with E-state index in [1.165, 1.54) is 16.4 Å². The van der Waals surface area contributed by atoms with Crippen LogP contribution in [-0.2, 0) is 21.4 Å². The highest BCUT2D eigenvalue weighted by Crippen LogP contribution is 2.34. The van der Waals surface area contributed by atoms with Crippen LogP contribution in [0.15, 0.2) is 53.4 Å². The normalized spacial score (nSPS) is 17.2. The molecule has 1 heterocycles. The summed E-state index contributed by atoms with van der Waals surface area (Å²) in [5, 5.41) is 2.89. The standard InChI is InChI=1S/C21H25FN2O3S/c1-16-5-3-4-6-19(16)28(26,27)24-13-11-21(2,12-14-24)20(25)23-15-17-7-9-18(22)10-8-17/h3-10H,11-15H2,1-2H3,(H,23,25). The minimum atomic E-state index is -3.56. The lowest BCUT2D eigenvalue weighted by Crippen LogP contribution is -2.48. The molecule has 2 aromatic carbocycles. The summed E-state index contributed by atoms with van der Waals surface area (Å²) in [6.07, 6.45) is 0.903. The second-order valence-electron chi connectivity index (χ2n) is 7.54. The fourth-order valence-electron chi connectivity index (χ4n) is 3.43. The van der Waals surface area contributed by atoms with E-state index in [2.05, 4.69) is 5.32 Å². The van der Waals surface area contributed by atoms with Crippen molar-refractivity contribution in [2.24, 2.45) is 5.41 Å². The Labute approximate surface area is 165 Å². The molecular weight excluding hydrogens is 379 g/mol. The van der Waals surface area contributed by atoms with Crippen LogP contribution in [0.3, 0.4) is 0 Å². The molecule has 7 heteroatoms. The van der Waals surface area contributed by atoms with Crippen molar-refractivity contribution < 1.29 is 17.6 Å². The number of amides is 1. The van der Waals surface area contributed by atoms with Crippen molar-refractivity contribution in [3.8, 4) is 0 Å². The molecule has 0 aromatic heterocycles. The minimum absolute atomic E-state index is 0.107. The molecule has 0 saturated carbocycles. The molecule has 1 aliphatic rings. The van der Waals surface area contributed by atoms with E-state index in [0.29, 0.717) is 42.9 Å². The molecule has 0 bridgehead atoms. The van der Waals surface area contributed by atoms with Gasteiger partial charge in [-0.3, -0.25) is 4.79 Å². The Morgan fingerprint density at radius 3 is 2.32 bits per heavy atom. The van der Waals surface area contributed by atoms with Crippen LogP contribution in [0.25, 0.3) is 0 Å². The van der Waals surface area contributed by atoms with Gasteiger partial charge in [0.15, 0.2) is 0 Å². The quantitative estimate of drug-likeness (QED) is 0.832. The van der Waals surface area contributed by atoms with Gasteiger partial charge in [0.2, 0.25) is 15.9 Å². The molecule has 2 aromatic rings. The van der Waals surface area contributed by atoms with Crippen molar-refractivity contribution in [2.75, 3.05) is 13.1 Å². The molecule has 1 saturated heterocycles. The van der Waals surface area contributed by atoms with E-state index >= 15 is 0 Å². The largest absolute Gasteiger partial charge is 0.352 e. The molecule has 0 aliphatic carbocycles. The number of hydrogen-bond donors (Lipinski definition) is 1. The third-order valence-electron chi connectivity index (χ3n) is 5.45. The van der Waals surface area contributed by atoms with E-state index in [1.54, 1.807) is 37.3 Å². The van der Waals surface area contributed by atoms with E-state index in [4.69, 9.17) is 0 Å². The summed E-state index contributed by atoms with van der Waals surface area (Å²) in [4.78, 5) is 13.0. The Kier molecular flexibility index (Phi) is 5.86. The third kappa shape index (κ3) is 4.25. The number of carbonyl (C=O) groups excluding carboxylic acids is 1. The summed E-state index contributed by atoms with van der Waals surface area (Å²) in [7, 11) is -3.56. The highest BCUT2D eigenvalue weighted by Gasteiger charge is 2.40. The monoisotopic (exact) mass is 404 g/mol. The molecule has 1 amide bonds. The van der Waals surface area contributed by atoms with Crippen LogP contribution >= 0.6 is 0 Å². The van der Waals surface area contributed by atoms with E-state index < -0.39 is 15.4 Å². The van der Waals surface area contributed by atoms with Gasteiger partial charge in [0, 0.05) is 25.0 Å². The Morgan fingerprint density at radius 1 is 1.11 bits per heavy atom. The number of carbonyl (C=O) groups is 1. The van der Waals surface area contributed by atoms with Crippen LogP contribution in [0.2, 0.25) is 0 Å². The van der Waals surface area contributed by atoms with Crippen LogP contribution in [0.1, 0.15) is 30.9 Å². The first-order chi connectivity index (χ1) is 13.2. The number of nitrogens with one attached hydrogen (secondary N) is 1. The van der Waals surface area contributed by atoms with Crippen molar-refractivity contribution in [3.05, 3.63) is 65.5 Å². The number of halogens is 1. The number of benzene rings is 2. The average molecular weight is 405 g/mol. The second kappa shape index (κ2) is 8.01. The smallest absolute Gasteiger partial charge is 0.243 e. The van der Waals surface area contributed by atoms with Gasteiger partial charge in [0.1, 0.15) is 5.82 Å². The Balaban J connectivity index is 1.62. The topological polar surface area (TPSA) is 66.5 Å². The minimum Gasteiger partial charge on any atom is -0.352 e. The van der Waals surface area contributed by atoms with Gasteiger partial charge in [-0.25, -0.2) is 12.8 Å². The van der Waals surface area contributed by atoms with Crippen molar-refractivity contribution >= 4 is 15.9 Å². The van der Waals surface area contributed by atoms with Crippen LogP contribution < -0.4 is 5.32 Å². The summed E-state index contributed by atoms with van der Waals surface area (Å²) in [6.45, 7) is 4.57. The summed E-state index contributed by atoms with van der Waals surface area (Å²) in [5.74, 6) is -0.422. The first-order valence-electron chi connectivity index (χ1n) is 9.31. The number of rotatable bonds is 5. The summed E-state index contributed by atoms with van der Waals surface area (Å²) in [5.41, 5.74) is 0.906. The fourth-order valence-corrected chi connectivity index (χ4v) is 5.10. The molecule has 28 heavy (non-hydrogen) atoms. The van der Waals surface area contributed by atoms with Crippen molar-refractivity contribution in [1.82, 2.24) is 9.62 Å². The molecular formula is C21H25FN2O3S. The SMILES string of the molecule is Cc1ccccc1S(=O)(=O)N1CCC(C)(C(=O)NCc2ccc(F)cc2)CC1. The van der Waals surface area contributed by atoms with Crippen LogP contribution in [0, 0.1) is 18.2 Å². The maximum absolute atomic E-state index is 13.0. The Hall–Kier alpha value is -2.25. The van der Waals surface area contributed by atoms with Gasteiger partial charge < -0.3 is 5.32 Å². The molecule has 150 valence electrons. The number of hydrogen-bond acceptors (Lipinski definition) is 3. The van der Waals surface area contributed by atoms with Crippen molar-refractivity contribution in [3.63, 3.8) is 0 Å². The summed E-state index contributed by atoms with van der Waals surface area (Å²) >= 11 is 0. The predicted molar refractivity (Wildman–Crippen MR) is 106 cm³/mol. The molecule has 0 atom stereocenters. The lowest BCUT2D eigenvalue weighted by atomic mass is 9.80. The van der Waals surface area contributed by atoms with Crippen LogP contribution in [0.4, 0.5) is 4.39 Å². The molecule has 0 spiro atoms. The van der Waals surface area contributed by atoms with Gasteiger partial charge in [-0.05, 0) is 49.1 Å². The van der Waals surface area contributed by atoms with E-state index in [0.717, 1.165) is 5.56 Å². The lowest BCUT2D eigenvalue weighted by molar-refractivity contribution is -0.132. The number of nitrogens with zero attached hydrogens (tertiary/aromatic N) is 1. The maximum Gasteiger partial charge on any atom is 0.243 e. The van der Waals surface area contributed by atoms with Gasteiger partial charge in [0.25, 0.3) is 0 Å². The molecule has 1 aliphatic heterocycles. The molecule has 1 N–H and O–H groups in total.